The van der Waals surface area contributed by atoms with Crippen LogP contribution in [0.4, 0.5) is 0 Å². The molecule has 0 saturated carbocycles. The van der Waals surface area contributed by atoms with Crippen molar-refractivity contribution in [3.63, 3.8) is 0 Å². The van der Waals surface area contributed by atoms with Crippen LogP contribution in [0.25, 0.3) is 10.2 Å². The first-order chi connectivity index (χ1) is 7.65. The maximum Gasteiger partial charge on any atom is 0.303 e. The molecule has 84 valence electrons. The Morgan fingerprint density at radius 3 is 3.06 bits per heavy atom. The number of aromatic nitrogens is 1. The summed E-state index contributed by atoms with van der Waals surface area (Å²) in [6, 6.07) is 6.18. The molecule has 16 heavy (non-hydrogen) atoms. The van der Waals surface area contributed by atoms with Gasteiger partial charge in [0.05, 0.1) is 15.2 Å². The highest BCUT2D eigenvalue weighted by Crippen LogP contribution is 2.24. The second kappa shape index (κ2) is 4.61. The van der Waals surface area contributed by atoms with Crippen LogP contribution < -0.4 is 0 Å². The van der Waals surface area contributed by atoms with Gasteiger partial charge in [0.1, 0.15) is 0 Å². The highest BCUT2D eigenvalue weighted by molar-refractivity contribution is 7.18. The number of aliphatic carboxylic acids is 1. The topological polar surface area (TPSA) is 50.2 Å². The van der Waals surface area contributed by atoms with Crippen LogP contribution in [-0.2, 0) is 11.2 Å². The van der Waals surface area contributed by atoms with Crippen LogP contribution in [-0.4, -0.2) is 16.1 Å². The number of carboxylic acids is 1. The zero-order chi connectivity index (χ0) is 11.5. The van der Waals surface area contributed by atoms with Crippen molar-refractivity contribution in [3.05, 3.63) is 28.8 Å². The van der Waals surface area contributed by atoms with E-state index in [1.165, 1.54) is 10.3 Å². The molecule has 1 aromatic carbocycles. The zero-order valence-corrected chi connectivity index (χ0v) is 9.88. The molecule has 0 bridgehead atoms. The van der Waals surface area contributed by atoms with E-state index in [-0.39, 0.29) is 6.42 Å². The quantitative estimate of drug-likeness (QED) is 0.886. The molecule has 1 heterocycles. The van der Waals surface area contributed by atoms with Gasteiger partial charge in [-0.25, -0.2) is 4.98 Å². The van der Waals surface area contributed by atoms with E-state index < -0.39 is 5.97 Å². The molecule has 2 rings (SSSR count). The molecule has 0 saturated heterocycles. The summed E-state index contributed by atoms with van der Waals surface area (Å²) in [5.74, 6) is -0.739. The van der Waals surface area contributed by atoms with E-state index in [2.05, 4.69) is 18.0 Å². The van der Waals surface area contributed by atoms with Crippen molar-refractivity contribution >= 4 is 27.5 Å². The maximum atomic E-state index is 10.4. The van der Waals surface area contributed by atoms with Crippen LogP contribution in [0, 0.1) is 6.92 Å². The molecule has 0 radical (unpaired) electrons. The fourth-order valence-corrected chi connectivity index (χ4v) is 2.68. The average molecular weight is 235 g/mol. The van der Waals surface area contributed by atoms with Crippen LogP contribution in [0.1, 0.15) is 23.4 Å². The molecule has 0 atom stereocenters. The number of nitrogens with zero attached hydrogens (tertiary/aromatic N) is 1. The minimum Gasteiger partial charge on any atom is -0.481 e. The third kappa shape index (κ3) is 2.58. The van der Waals surface area contributed by atoms with Gasteiger partial charge in [0, 0.05) is 6.42 Å². The van der Waals surface area contributed by atoms with Crippen molar-refractivity contribution < 1.29 is 9.90 Å². The normalized spacial score (nSPS) is 10.8. The van der Waals surface area contributed by atoms with E-state index in [1.54, 1.807) is 11.3 Å². The summed E-state index contributed by atoms with van der Waals surface area (Å²) in [5, 5.41) is 9.58. The number of rotatable bonds is 4. The Bertz CT molecular complexity index is 519. The number of thiazole rings is 1. The first-order valence-corrected chi connectivity index (χ1v) is 6.04. The minimum absolute atomic E-state index is 0.217. The van der Waals surface area contributed by atoms with E-state index in [1.807, 2.05) is 12.1 Å². The van der Waals surface area contributed by atoms with E-state index in [0.29, 0.717) is 6.42 Å². The van der Waals surface area contributed by atoms with Crippen molar-refractivity contribution in [1.29, 1.82) is 0 Å². The zero-order valence-electron chi connectivity index (χ0n) is 9.06. The summed E-state index contributed by atoms with van der Waals surface area (Å²) < 4.78 is 1.19. The lowest BCUT2D eigenvalue weighted by atomic mass is 10.2. The van der Waals surface area contributed by atoms with Crippen LogP contribution in [0.15, 0.2) is 18.2 Å². The van der Waals surface area contributed by atoms with E-state index in [9.17, 15) is 4.79 Å². The van der Waals surface area contributed by atoms with Gasteiger partial charge in [-0.2, -0.15) is 0 Å². The first-order valence-electron chi connectivity index (χ1n) is 5.23. The van der Waals surface area contributed by atoms with Gasteiger partial charge < -0.3 is 5.11 Å². The van der Waals surface area contributed by atoms with Crippen molar-refractivity contribution in [1.82, 2.24) is 4.98 Å². The number of fused-ring (bicyclic) bond motifs is 1. The summed E-state index contributed by atoms with van der Waals surface area (Å²) in [6.45, 7) is 2.06. The molecule has 0 amide bonds. The number of hydrogen-bond acceptors (Lipinski definition) is 3. The molecule has 4 heteroatoms. The SMILES string of the molecule is Cc1ccc2nc(CCCC(=O)O)sc2c1. The second-order valence-electron chi connectivity index (χ2n) is 3.83. The Kier molecular flexibility index (Phi) is 3.19. The molecule has 0 spiro atoms. The molecule has 1 N–H and O–H groups in total. The summed E-state index contributed by atoms with van der Waals surface area (Å²) in [5.41, 5.74) is 2.24. The van der Waals surface area contributed by atoms with Crippen molar-refractivity contribution in [3.8, 4) is 0 Å². The lowest BCUT2D eigenvalue weighted by molar-refractivity contribution is -0.137. The van der Waals surface area contributed by atoms with Crippen molar-refractivity contribution in [2.45, 2.75) is 26.2 Å². The van der Waals surface area contributed by atoms with Crippen LogP contribution in [0.5, 0.6) is 0 Å². The number of carbonyl (C=O) groups is 1. The molecule has 3 nitrogen and oxygen atoms in total. The van der Waals surface area contributed by atoms with E-state index in [4.69, 9.17) is 5.11 Å². The standard InChI is InChI=1S/C12H13NO2S/c1-8-5-6-9-10(7-8)16-11(13-9)3-2-4-12(14)15/h5-7H,2-4H2,1H3,(H,14,15). The van der Waals surface area contributed by atoms with Gasteiger partial charge in [-0.05, 0) is 37.5 Å². The fraction of sp³-hybridized carbons (Fsp3) is 0.333. The molecule has 0 aliphatic carbocycles. The summed E-state index contributed by atoms with van der Waals surface area (Å²) >= 11 is 1.66. The summed E-state index contributed by atoms with van der Waals surface area (Å²) in [7, 11) is 0. The summed E-state index contributed by atoms with van der Waals surface area (Å²) in [6.07, 6.45) is 1.63. The molecular formula is C12H13NO2S. The van der Waals surface area contributed by atoms with Gasteiger partial charge in [-0.3, -0.25) is 4.79 Å². The van der Waals surface area contributed by atoms with Gasteiger partial charge in [0.2, 0.25) is 0 Å². The highest BCUT2D eigenvalue weighted by Gasteiger charge is 2.05. The monoisotopic (exact) mass is 235 g/mol. The Labute approximate surface area is 97.8 Å². The Morgan fingerprint density at radius 2 is 2.31 bits per heavy atom. The van der Waals surface area contributed by atoms with Gasteiger partial charge in [-0.1, -0.05) is 6.07 Å². The second-order valence-corrected chi connectivity index (χ2v) is 4.94. The number of hydrogen-bond donors (Lipinski definition) is 1. The van der Waals surface area contributed by atoms with Gasteiger partial charge >= 0.3 is 5.97 Å². The van der Waals surface area contributed by atoms with E-state index >= 15 is 0 Å². The maximum absolute atomic E-state index is 10.4. The number of benzene rings is 1. The van der Waals surface area contributed by atoms with E-state index in [0.717, 1.165) is 16.9 Å². The van der Waals surface area contributed by atoms with Crippen molar-refractivity contribution in [2.75, 3.05) is 0 Å². The third-order valence-corrected chi connectivity index (χ3v) is 3.45. The van der Waals surface area contributed by atoms with Gasteiger partial charge in [-0.15, -0.1) is 11.3 Å². The average Bonchev–Trinajstić information content (AvgIpc) is 2.58. The summed E-state index contributed by atoms with van der Waals surface area (Å²) in [4.78, 5) is 14.9. The first kappa shape index (κ1) is 11.1. The third-order valence-electron chi connectivity index (χ3n) is 2.37. The predicted octanol–water partition coefficient (Wildman–Crippen LogP) is 3.01. The van der Waals surface area contributed by atoms with Crippen LogP contribution >= 0.6 is 11.3 Å². The minimum atomic E-state index is -0.739. The lowest BCUT2D eigenvalue weighted by Crippen LogP contribution is -1.95. The Hall–Kier alpha value is -1.42. The lowest BCUT2D eigenvalue weighted by Gasteiger charge is -1.91. The highest BCUT2D eigenvalue weighted by atomic mass is 32.1. The molecule has 0 unspecified atom stereocenters. The van der Waals surface area contributed by atoms with Crippen LogP contribution in [0.3, 0.4) is 0 Å². The molecule has 0 aliphatic heterocycles. The fourth-order valence-electron chi connectivity index (χ4n) is 1.58. The Balaban J connectivity index is 2.10. The molecule has 0 aliphatic rings. The molecule has 0 fully saturated rings. The smallest absolute Gasteiger partial charge is 0.303 e. The van der Waals surface area contributed by atoms with Gasteiger partial charge in [0.15, 0.2) is 0 Å². The molecule has 1 aromatic heterocycles. The number of aryl methyl sites for hydroxylation is 2. The van der Waals surface area contributed by atoms with Crippen LogP contribution in [0.2, 0.25) is 0 Å². The number of carboxylic acid groups (broad SMARTS) is 1. The Morgan fingerprint density at radius 1 is 1.50 bits per heavy atom. The van der Waals surface area contributed by atoms with Crippen molar-refractivity contribution in [2.24, 2.45) is 0 Å². The molecule has 2 aromatic rings. The largest absolute Gasteiger partial charge is 0.481 e. The predicted molar refractivity (Wildman–Crippen MR) is 64.9 cm³/mol. The molecular weight excluding hydrogens is 222 g/mol. The van der Waals surface area contributed by atoms with Gasteiger partial charge in [0.25, 0.3) is 0 Å².